The van der Waals surface area contributed by atoms with E-state index in [0.717, 1.165) is 34.4 Å². The first-order valence-electron chi connectivity index (χ1n) is 10.6. The molecule has 6 heteroatoms. The van der Waals surface area contributed by atoms with Crippen LogP contribution < -0.4 is 5.32 Å². The quantitative estimate of drug-likeness (QED) is 0.338. The van der Waals surface area contributed by atoms with Crippen molar-refractivity contribution >= 4 is 39.1 Å². The Balaban J connectivity index is 1.60. The predicted molar refractivity (Wildman–Crippen MR) is 130 cm³/mol. The van der Waals surface area contributed by atoms with Crippen LogP contribution in [0.2, 0.25) is 0 Å². The Hall–Kier alpha value is -3.51. The first-order valence-corrected chi connectivity index (χ1v) is 11.4. The van der Waals surface area contributed by atoms with Gasteiger partial charge >= 0.3 is 5.97 Å². The maximum atomic E-state index is 13.0. The lowest BCUT2D eigenvalue weighted by Crippen LogP contribution is -2.16. The Kier molecular flexibility index (Phi) is 6.32. The van der Waals surface area contributed by atoms with Crippen molar-refractivity contribution in [3.05, 3.63) is 82.2 Å². The number of aromatic carboxylic acids is 1. The van der Waals surface area contributed by atoms with Gasteiger partial charge in [-0.1, -0.05) is 67.9 Å². The van der Waals surface area contributed by atoms with Gasteiger partial charge in [0.2, 0.25) is 0 Å². The Bertz CT molecular complexity index is 1290. The molecule has 2 N–H and O–H groups in total. The van der Waals surface area contributed by atoms with E-state index in [1.807, 2.05) is 19.1 Å². The van der Waals surface area contributed by atoms with E-state index < -0.39 is 11.9 Å². The number of carbonyl (C=O) groups is 2. The summed E-state index contributed by atoms with van der Waals surface area (Å²) in [5.41, 5.74) is 3.23. The summed E-state index contributed by atoms with van der Waals surface area (Å²) in [6.45, 7) is 4.15. The average Bonchev–Trinajstić information content (AvgIpc) is 3.16. The van der Waals surface area contributed by atoms with Gasteiger partial charge in [0.1, 0.15) is 0 Å². The minimum Gasteiger partial charge on any atom is -0.478 e. The number of benzene rings is 3. The van der Waals surface area contributed by atoms with Gasteiger partial charge in [0, 0.05) is 10.4 Å². The molecule has 0 fully saturated rings. The van der Waals surface area contributed by atoms with Gasteiger partial charge < -0.3 is 5.11 Å². The molecule has 1 amide bonds. The van der Waals surface area contributed by atoms with Gasteiger partial charge in [0.05, 0.1) is 16.8 Å². The van der Waals surface area contributed by atoms with Crippen LogP contribution >= 0.6 is 11.3 Å². The normalized spacial score (nSPS) is 10.9. The van der Waals surface area contributed by atoms with Gasteiger partial charge in [0.25, 0.3) is 5.91 Å². The number of nitrogens with one attached hydrogen (secondary N) is 1. The molecule has 0 bridgehead atoms. The lowest BCUT2D eigenvalue weighted by Gasteiger charge is -2.09. The van der Waals surface area contributed by atoms with Gasteiger partial charge in [-0.15, -0.1) is 11.3 Å². The van der Waals surface area contributed by atoms with E-state index in [2.05, 4.69) is 41.5 Å². The zero-order chi connectivity index (χ0) is 22.7. The number of aryl methyl sites for hydroxylation is 2. The van der Waals surface area contributed by atoms with Crippen LogP contribution in [0.4, 0.5) is 5.13 Å². The second-order valence-electron chi connectivity index (χ2n) is 7.69. The number of rotatable bonds is 7. The Morgan fingerprint density at radius 2 is 1.78 bits per heavy atom. The standard InChI is InChI=1S/C26H24N2O3S/c1-3-4-7-17-10-12-19(13-11-17)23-16(2)32-26(27-23)28-24(29)21-15-14-18-8-5-6-9-20(18)22(21)25(30)31/h5-6,8-15H,3-4,7H2,1-2H3,(H,30,31)(H,27,28,29). The molecule has 0 spiro atoms. The van der Waals surface area contributed by atoms with Crippen molar-refractivity contribution in [1.29, 1.82) is 0 Å². The molecule has 5 nitrogen and oxygen atoms in total. The predicted octanol–water partition coefficient (Wildman–Crippen LogP) is 6.56. The topological polar surface area (TPSA) is 79.3 Å². The number of amides is 1. The van der Waals surface area contributed by atoms with Crippen LogP contribution in [0.25, 0.3) is 22.0 Å². The Morgan fingerprint density at radius 1 is 1.03 bits per heavy atom. The Morgan fingerprint density at radius 3 is 2.50 bits per heavy atom. The number of anilines is 1. The molecule has 0 aliphatic heterocycles. The first kappa shape index (κ1) is 21.7. The molecule has 0 saturated heterocycles. The number of unbranched alkanes of at least 4 members (excludes halogenated alkanes) is 1. The largest absolute Gasteiger partial charge is 0.478 e. The summed E-state index contributed by atoms with van der Waals surface area (Å²) < 4.78 is 0. The molecule has 1 aromatic heterocycles. The Labute approximate surface area is 190 Å². The molecule has 32 heavy (non-hydrogen) atoms. The molecule has 162 valence electrons. The molecule has 0 atom stereocenters. The number of carboxylic acid groups (broad SMARTS) is 1. The number of fused-ring (bicyclic) bond motifs is 1. The van der Waals surface area contributed by atoms with Crippen LogP contribution in [0.3, 0.4) is 0 Å². The van der Waals surface area contributed by atoms with Crippen molar-refractivity contribution in [2.45, 2.75) is 33.1 Å². The van der Waals surface area contributed by atoms with Crippen LogP contribution in [0.15, 0.2) is 60.7 Å². The molecule has 0 radical (unpaired) electrons. The SMILES string of the molecule is CCCCc1ccc(-c2nc(NC(=O)c3ccc4ccccc4c3C(=O)O)sc2C)cc1. The summed E-state index contributed by atoms with van der Waals surface area (Å²) in [5.74, 6) is -1.62. The molecule has 4 aromatic rings. The average molecular weight is 445 g/mol. The van der Waals surface area contributed by atoms with E-state index in [0.29, 0.717) is 10.5 Å². The molecule has 0 unspecified atom stereocenters. The molecular formula is C26H24N2O3S. The number of aromatic nitrogens is 1. The number of hydrogen-bond donors (Lipinski definition) is 2. The van der Waals surface area contributed by atoms with Gasteiger partial charge in [-0.05, 0) is 42.2 Å². The van der Waals surface area contributed by atoms with E-state index in [9.17, 15) is 14.7 Å². The summed E-state index contributed by atoms with van der Waals surface area (Å²) in [5, 5.41) is 14.3. The van der Waals surface area contributed by atoms with Crippen LogP contribution in [0, 0.1) is 6.92 Å². The maximum Gasteiger partial charge on any atom is 0.337 e. The number of nitrogens with zero attached hydrogens (tertiary/aromatic N) is 1. The maximum absolute atomic E-state index is 13.0. The summed E-state index contributed by atoms with van der Waals surface area (Å²) in [6.07, 6.45) is 3.39. The van der Waals surface area contributed by atoms with Crippen LogP contribution in [0.5, 0.6) is 0 Å². The van der Waals surface area contributed by atoms with Gasteiger partial charge in [-0.3, -0.25) is 10.1 Å². The van der Waals surface area contributed by atoms with E-state index in [1.54, 1.807) is 24.3 Å². The van der Waals surface area contributed by atoms with Gasteiger partial charge in [-0.25, -0.2) is 9.78 Å². The van der Waals surface area contributed by atoms with Crippen molar-refractivity contribution < 1.29 is 14.7 Å². The van der Waals surface area contributed by atoms with E-state index >= 15 is 0 Å². The third kappa shape index (κ3) is 4.41. The zero-order valence-corrected chi connectivity index (χ0v) is 18.8. The minimum absolute atomic E-state index is 0.00299. The summed E-state index contributed by atoms with van der Waals surface area (Å²) in [4.78, 5) is 30.5. The fourth-order valence-electron chi connectivity index (χ4n) is 3.78. The van der Waals surface area contributed by atoms with Crippen LogP contribution in [-0.4, -0.2) is 22.0 Å². The van der Waals surface area contributed by atoms with E-state index in [4.69, 9.17) is 0 Å². The smallest absolute Gasteiger partial charge is 0.337 e. The van der Waals surface area contributed by atoms with Crippen molar-refractivity contribution in [3.8, 4) is 11.3 Å². The molecule has 0 saturated carbocycles. The van der Waals surface area contributed by atoms with Crippen LogP contribution in [0.1, 0.15) is 50.9 Å². The molecular weight excluding hydrogens is 420 g/mol. The van der Waals surface area contributed by atoms with E-state index in [-0.39, 0.29) is 11.1 Å². The minimum atomic E-state index is -1.13. The highest BCUT2D eigenvalue weighted by atomic mass is 32.1. The van der Waals surface area contributed by atoms with E-state index in [1.165, 1.54) is 23.3 Å². The number of thiazole rings is 1. The molecule has 3 aromatic carbocycles. The molecule has 1 heterocycles. The highest BCUT2D eigenvalue weighted by molar-refractivity contribution is 7.16. The lowest BCUT2D eigenvalue weighted by atomic mass is 9.98. The second kappa shape index (κ2) is 9.32. The van der Waals surface area contributed by atoms with Crippen molar-refractivity contribution in [2.24, 2.45) is 0 Å². The number of hydrogen-bond acceptors (Lipinski definition) is 4. The molecule has 0 aliphatic rings. The summed E-state index contributed by atoms with van der Waals surface area (Å²) in [6, 6.07) is 18.8. The fourth-order valence-corrected chi connectivity index (χ4v) is 4.61. The summed E-state index contributed by atoms with van der Waals surface area (Å²) >= 11 is 1.38. The molecule has 4 rings (SSSR count). The van der Waals surface area contributed by atoms with Crippen LogP contribution in [-0.2, 0) is 6.42 Å². The van der Waals surface area contributed by atoms with Crippen molar-refractivity contribution in [1.82, 2.24) is 4.98 Å². The third-order valence-electron chi connectivity index (χ3n) is 5.45. The second-order valence-corrected chi connectivity index (χ2v) is 8.90. The number of carboxylic acids is 1. The van der Waals surface area contributed by atoms with Crippen molar-refractivity contribution in [3.63, 3.8) is 0 Å². The molecule has 0 aliphatic carbocycles. The van der Waals surface area contributed by atoms with Gasteiger partial charge in [0.15, 0.2) is 5.13 Å². The monoisotopic (exact) mass is 444 g/mol. The lowest BCUT2D eigenvalue weighted by molar-refractivity contribution is 0.0694. The van der Waals surface area contributed by atoms with Crippen molar-refractivity contribution in [2.75, 3.05) is 5.32 Å². The van der Waals surface area contributed by atoms with Gasteiger partial charge in [-0.2, -0.15) is 0 Å². The number of carbonyl (C=O) groups excluding carboxylic acids is 1. The third-order valence-corrected chi connectivity index (χ3v) is 6.34. The first-order chi connectivity index (χ1) is 15.5. The fraction of sp³-hybridized carbons (Fsp3) is 0.192. The highest BCUT2D eigenvalue weighted by Crippen LogP contribution is 2.31. The summed E-state index contributed by atoms with van der Waals surface area (Å²) in [7, 11) is 0. The zero-order valence-electron chi connectivity index (χ0n) is 18.0. The highest BCUT2D eigenvalue weighted by Gasteiger charge is 2.21.